The molecule has 3 rings (SSSR count). The van der Waals surface area contributed by atoms with Gasteiger partial charge >= 0.3 is 0 Å². The van der Waals surface area contributed by atoms with Crippen molar-refractivity contribution in [2.24, 2.45) is 5.92 Å². The van der Waals surface area contributed by atoms with Crippen molar-refractivity contribution in [1.82, 2.24) is 10.2 Å². The number of hydrogen-bond donors (Lipinski definition) is 0. The number of fused-ring (bicyclic) bond motifs is 1. The van der Waals surface area contributed by atoms with Crippen LogP contribution in [-0.4, -0.2) is 23.3 Å². The quantitative estimate of drug-likeness (QED) is 0.796. The summed E-state index contributed by atoms with van der Waals surface area (Å²) in [5, 5.41) is 18.7. The van der Waals surface area contributed by atoms with E-state index in [0.717, 1.165) is 35.6 Å². The first kappa shape index (κ1) is 12.9. The molecule has 0 spiro atoms. The first-order valence-electron chi connectivity index (χ1n) is 7.11. The van der Waals surface area contributed by atoms with Crippen LogP contribution in [0.4, 0.5) is 5.69 Å². The van der Waals surface area contributed by atoms with E-state index in [1.54, 1.807) is 0 Å². The zero-order chi connectivity index (χ0) is 14.1. The van der Waals surface area contributed by atoms with Crippen molar-refractivity contribution in [2.75, 3.05) is 18.0 Å². The van der Waals surface area contributed by atoms with E-state index in [-0.39, 0.29) is 0 Å². The lowest BCUT2D eigenvalue weighted by Crippen LogP contribution is -2.33. The number of benzene rings is 1. The largest absolute Gasteiger partial charge is 0.369 e. The summed E-state index contributed by atoms with van der Waals surface area (Å²) in [4.78, 5) is 2.30. The lowest BCUT2D eigenvalue weighted by Gasteiger charge is -2.32. The molecule has 0 bridgehead atoms. The summed E-state index contributed by atoms with van der Waals surface area (Å²) in [5.41, 5.74) is 3.45. The van der Waals surface area contributed by atoms with E-state index in [1.807, 2.05) is 12.1 Å². The molecule has 1 saturated heterocycles. The van der Waals surface area contributed by atoms with E-state index < -0.39 is 0 Å². The standard InChI is InChI=1S/C16H18N4/c1-11-5-7-20(8-6-11)16-13-9-12(2)3-4-14(13)18-19-15(16)10-17/h3-4,9,11H,5-8H2,1-2H3. The van der Waals surface area contributed by atoms with Gasteiger partial charge in [0, 0.05) is 18.5 Å². The van der Waals surface area contributed by atoms with Crippen molar-refractivity contribution in [3.8, 4) is 6.07 Å². The Hall–Kier alpha value is -2.15. The van der Waals surface area contributed by atoms with Crippen molar-refractivity contribution in [1.29, 1.82) is 5.26 Å². The number of piperidine rings is 1. The van der Waals surface area contributed by atoms with E-state index in [9.17, 15) is 5.26 Å². The third kappa shape index (κ3) is 2.20. The summed E-state index contributed by atoms with van der Waals surface area (Å²) in [6, 6.07) is 8.32. The Morgan fingerprint density at radius 2 is 2.00 bits per heavy atom. The minimum atomic E-state index is 0.442. The first-order valence-corrected chi connectivity index (χ1v) is 7.11. The molecular weight excluding hydrogens is 248 g/mol. The maximum absolute atomic E-state index is 9.35. The summed E-state index contributed by atoms with van der Waals surface area (Å²) < 4.78 is 0. The van der Waals surface area contributed by atoms with Gasteiger partial charge in [0.25, 0.3) is 0 Å². The van der Waals surface area contributed by atoms with Gasteiger partial charge in [0.15, 0.2) is 5.69 Å². The van der Waals surface area contributed by atoms with Crippen molar-refractivity contribution >= 4 is 16.6 Å². The highest BCUT2D eigenvalue weighted by Crippen LogP contribution is 2.31. The molecule has 0 unspecified atom stereocenters. The second-order valence-corrected chi connectivity index (χ2v) is 5.70. The van der Waals surface area contributed by atoms with E-state index in [4.69, 9.17) is 0 Å². The van der Waals surface area contributed by atoms with Gasteiger partial charge in [0.1, 0.15) is 6.07 Å². The van der Waals surface area contributed by atoms with Crippen molar-refractivity contribution in [3.63, 3.8) is 0 Å². The molecule has 2 aromatic rings. The van der Waals surface area contributed by atoms with Gasteiger partial charge in [0.05, 0.1) is 11.2 Å². The van der Waals surface area contributed by atoms with Crippen LogP contribution in [0.2, 0.25) is 0 Å². The second-order valence-electron chi connectivity index (χ2n) is 5.70. The van der Waals surface area contributed by atoms with Gasteiger partial charge in [-0.2, -0.15) is 5.26 Å². The van der Waals surface area contributed by atoms with Gasteiger partial charge in [-0.1, -0.05) is 18.6 Å². The monoisotopic (exact) mass is 266 g/mol. The highest BCUT2D eigenvalue weighted by atomic mass is 15.2. The number of rotatable bonds is 1. The molecule has 0 radical (unpaired) electrons. The lowest BCUT2D eigenvalue weighted by atomic mass is 9.98. The van der Waals surface area contributed by atoms with Gasteiger partial charge in [-0.15, -0.1) is 10.2 Å². The third-order valence-electron chi connectivity index (χ3n) is 4.09. The van der Waals surface area contributed by atoms with Crippen LogP contribution in [0, 0.1) is 24.2 Å². The van der Waals surface area contributed by atoms with Gasteiger partial charge in [-0.25, -0.2) is 0 Å². The zero-order valence-electron chi connectivity index (χ0n) is 11.9. The number of aryl methyl sites for hydroxylation is 1. The fraction of sp³-hybridized carbons (Fsp3) is 0.438. The highest BCUT2D eigenvalue weighted by Gasteiger charge is 2.21. The Labute approximate surface area is 119 Å². The summed E-state index contributed by atoms with van der Waals surface area (Å²) in [6.07, 6.45) is 2.33. The van der Waals surface area contributed by atoms with Gasteiger partial charge in [-0.3, -0.25) is 0 Å². The zero-order valence-corrected chi connectivity index (χ0v) is 11.9. The minimum absolute atomic E-state index is 0.442. The maximum atomic E-state index is 9.35. The molecule has 0 aliphatic carbocycles. The van der Waals surface area contributed by atoms with Gasteiger partial charge < -0.3 is 4.90 Å². The average Bonchev–Trinajstić information content (AvgIpc) is 2.47. The highest BCUT2D eigenvalue weighted by molar-refractivity contribution is 5.93. The Morgan fingerprint density at radius 3 is 2.70 bits per heavy atom. The Morgan fingerprint density at radius 1 is 1.25 bits per heavy atom. The van der Waals surface area contributed by atoms with Gasteiger partial charge in [-0.05, 0) is 37.8 Å². The fourth-order valence-electron chi connectivity index (χ4n) is 2.83. The number of anilines is 1. The smallest absolute Gasteiger partial charge is 0.187 e. The van der Waals surface area contributed by atoms with Crippen LogP contribution < -0.4 is 4.90 Å². The maximum Gasteiger partial charge on any atom is 0.187 e. The molecular formula is C16H18N4. The van der Waals surface area contributed by atoms with Crippen LogP contribution in [0.1, 0.15) is 31.0 Å². The summed E-state index contributed by atoms with van der Waals surface area (Å²) in [6.45, 7) is 6.33. The van der Waals surface area contributed by atoms with E-state index in [0.29, 0.717) is 5.69 Å². The topological polar surface area (TPSA) is 52.8 Å². The molecule has 1 aliphatic heterocycles. The predicted molar refractivity (Wildman–Crippen MR) is 79.6 cm³/mol. The normalized spacial score (nSPS) is 16.4. The van der Waals surface area contributed by atoms with Crippen LogP contribution in [-0.2, 0) is 0 Å². The van der Waals surface area contributed by atoms with Crippen LogP contribution in [0.5, 0.6) is 0 Å². The van der Waals surface area contributed by atoms with Crippen LogP contribution in [0.3, 0.4) is 0 Å². The summed E-state index contributed by atoms with van der Waals surface area (Å²) in [5.74, 6) is 0.764. The van der Waals surface area contributed by atoms with Crippen molar-refractivity contribution < 1.29 is 0 Å². The molecule has 0 saturated carbocycles. The van der Waals surface area contributed by atoms with Crippen molar-refractivity contribution in [2.45, 2.75) is 26.7 Å². The lowest BCUT2D eigenvalue weighted by molar-refractivity contribution is 0.438. The summed E-state index contributed by atoms with van der Waals surface area (Å²) >= 11 is 0. The second kappa shape index (κ2) is 5.09. The van der Waals surface area contributed by atoms with Gasteiger partial charge in [0.2, 0.25) is 0 Å². The first-order chi connectivity index (χ1) is 9.69. The van der Waals surface area contributed by atoms with E-state index in [2.05, 4.69) is 41.1 Å². The number of nitriles is 1. The molecule has 102 valence electrons. The van der Waals surface area contributed by atoms with Crippen LogP contribution in [0.25, 0.3) is 10.9 Å². The van der Waals surface area contributed by atoms with Crippen molar-refractivity contribution in [3.05, 3.63) is 29.5 Å². The molecule has 4 heteroatoms. The SMILES string of the molecule is Cc1ccc2nnc(C#N)c(N3CCC(C)CC3)c2c1. The molecule has 0 amide bonds. The molecule has 1 aromatic carbocycles. The molecule has 1 fully saturated rings. The van der Waals surface area contributed by atoms with E-state index >= 15 is 0 Å². The molecule has 2 heterocycles. The fourth-order valence-corrected chi connectivity index (χ4v) is 2.83. The number of aromatic nitrogens is 2. The Kier molecular flexibility index (Phi) is 3.27. The molecule has 1 aromatic heterocycles. The molecule has 1 aliphatic rings. The Balaban J connectivity index is 2.16. The third-order valence-corrected chi connectivity index (χ3v) is 4.09. The molecule has 0 N–H and O–H groups in total. The predicted octanol–water partition coefficient (Wildman–Crippen LogP) is 3.05. The van der Waals surface area contributed by atoms with Crippen LogP contribution >= 0.6 is 0 Å². The number of nitrogens with zero attached hydrogens (tertiary/aromatic N) is 4. The minimum Gasteiger partial charge on any atom is -0.369 e. The molecule has 0 atom stereocenters. The molecule has 20 heavy (non-hydrogen) atoms. The number of hydrogen-bond acceptors (Lipinski definition) is 4. The van der Waals surface area contributed by atoms with E-state index in [1.165, 1.54) is 18.4 Å². The molecule has 4 nitrogen and oxygen atoms in total. The Bertz CT molecular complexity index is 679. The average molecular weight is 266 g/mol. The summed E-state index contributed by atoms with van der Waals surface area (Å²) in [7, 11) is 0. The van der Waals surface area contributed by atoms with Crippen LogP contribution in [0.15, 0.2) is 18.2 Å².